The van der Waals surface area contributed by atoms with E-state index in [4.69, 9.17) is 61.4 Å². The summed E-state index contributed by atoms with van der Waals surface area (Å²) < 4.78 is 29.3. The number of halogens is 1. The number of aliphatic hydroxyl groups excluding tert-OH is 6. The zero-order valence-electron chi connectivity index (χ0n) is 30.2. The molecule has 1 aromatic heterocycles. The maximum absolute atomic E-state index is 13.6. The number of fused-ring (bicyclic) bond motifs is 2. The van der Waals surface area contributed by atoms with Crippen molar-refractivity contribution in [3.05, 3.63) is 58.2 Å². The smallest absolute Gasteiger partial charge is 0.471 e. The van der Waals surface area contributed by atoms with Gasteiger partial charge in [0.05, 0.1) is 68.9 Å². The number of phosphoric ester groups is 1. The summed E-state index contributed by atoms with van der Waals surface area (Å²) in [7, 11) is -4.68. The molecule has 55 heavy (non-hydrogen) atoms. The van der Waals surface area contributed by atoms with Crippen LogP contribution in [0.3, 0.4) is 0 Å². The molecule has 22 heteroatoms. The minimum atomic E-state index is -4.68. The molecule has 20 nitrogen and oxygen atoms in total. The van der Waals surface area contributed by atoms with E-state index >= 15 is 0 Å². The first kappa shape index (κ1) is 46.1. The molecule has 3 aromatic rings. The number of ether oxygens (including phenoxy) is 2. The lowest BCUT2D eigenvalue weighted by Gasteiger charge is -2.46. The average molecular weight is 866 g/mol. The molecule has 2 aliphatic heterocycles. The van der Waals surface area contributed by atoms with Gasteiger partial charge in [-0.15, -0.1) is 0 Å². The number of carbonyl (C=O) groups excluding carboxylic acids is 2. The maximum atomic E-state index is 13.6. The van der Waals surface area contributed by atoms with Gasteiger partial charge in [0.2, 0.25) is 0 Å². The minimum absolute atomic E-state index is 0.315. The topological polar surface area (TPSA) is 326 Å². The second kappa shape index (κ2) is 20.2. The molecule has 0 aliphatic carbocycles. The monoisotopic (exact) mass is 864 g/mol. The molecular formula is C33H50BrN6O14P. The number of nitrogens with two attached hydrogens (primary N) is 2. The Morgan fingerprint density at radius 3 is 2.09 bits per heavy atom. The number of amides is 2. The number of likely N-dealkylation sites (tertiary alicyclic amines) is 1. The summed E-state index contributed by atoms with van der Waals surface area (Å²) >= 11 is 3.51. The van der Waals surface area contributed by atoms with E-state index in [2.05, 4.69) is 30.9 Å². The van der Waals surface area contributed by atoms with E-state index in [1.54, 1.807) is 36.2 Å². The Balaban J connectivity index is 0.000000425. The number of hydrogen-bond acceptors (Lipinski definition) is 15. The Morgan fingerprint density at radius 1 is 1.00 bits per heavy atom. The Labute approximate surface area is 325 Å². The lowest BCUT2D eigenvalue weighted by molar-refractivity contribution is -0.0233. The van der Waals surface area contributed by atoms with Gasteiger partial charge in [0.1, 0.15) is 16.9 Å². The van der Waals surface area contributed by atoms with Gasteiger partial charge in [0, 0.05) is 54.0 Å². The average Bonchev–Trinajstić information content (AvgIpc) is 3.61. The van der Waals surface area contributed by atoms with Crippen LogP contribution in [-0.4, -0.2) is 143 Å². The number of aromatic nitrogens is 2. The van der Waals surface area contributed by atoms with Crippen LogP contribution in [0.2, 0.25) is 0 Å². The molecule has 308 valence electrons. The standard InChI is InChI=1S/C25H28BrN4O8P.2C4H11NO3/c1-2-36-24(32)29-10-8-25(9-11-29)13-20(19-12-17(26)6-7-21(19)38-25)27-23(31)18-5-3-4-16-14-30(28-22(16)18)15-37-39(33,34)35;2*5-4(1-6,2-7)3-8/h3-7,12,14,20H,2,8-11,13,15H2,1H3,(H,27,31)(H2,33,34,35);2*6-8H,1-3,5H2/t20-;;/m0../s1. The quantitative estimate of drug-likeness (QED) is 0.102. The van der Waals surface area contributed by atoms with E-state index < -0.39 is 70.9 Å². The van der Waals surface area contributed by atoms with Gasteiger partial charge in [-0.1, -0.05) is 28.1 Å². The number of rotatable bonds is 12. The molecule has 5 rings (SSSR count). The fourth-order valence-electron chi connectivity index (χ4n) is 5.40. The van der Waals surface area contributed by atoms with Gasteiger partial charge in [-0.2, -0.15) is 5.10 Å². The molecular weight excluding hydrogens is 815 g/mol. The summed E-state index contributed by atoms with van der Waals surface area (Å²) in [5.74, 6) is 0.329. The highest BCUT2D eigenvalue weighted by molar-refractivity contribution is 9.10. The first-order valence-corrected chi connectivity index (χ1v) is 19.3. The number of piperidine rings is 1. The molecule has 0 saturated carbocycles. The fraction of sp³-hybridized carbons (Fsp3) is 0.545. The van der Waals surface area contributed by atoms with Crippen molar-refractivity contribution in [2.24, 2.45) is 11.5 Å². The van der Waals surface area contributed by atoms with Gasteiger partial charge in [-0.05, 0) is 31.2 Å². The van der Waals surface area contributed by atoms with Crippen molar-refractivity contribution >= 4 is 46.7 Å². The van der Waals surface area contributed by atoms with Gasteiger partial charge in [0.15, 0.2) is 6.73 Å². The van der Waals surface area contributed by atoms with E-state index in [0.717, 1.165) is 10.0 Å². The number of carbonyl (C=O) groups is 2. The van der Waals surface area contributed by atoms with E-state index in [0.29, 0.717) is 61.2 Å². The second-order valence-electron chi connectivity index (χ2n) is 13.2. The van der Waals surface area contributed by atoms with Crippen LogP contribution < -0.4 is 21.5 Å². The van der Waals surface area contributed by atoms with Crippen LogP contribution in [0.4, 0.5) is 4.79 Å². The molecule has 1 spiro atoms. The largest absolute Gasteiger partial charge is 0.487 e. The molecule has 1 fully saturated rings. The van der Waals surface area contributed by atoms with Crippen molar-refractivity contribution < 1.29 is 68.6 Å². The van der Waals surface area contributed by atoms with Gasteiger partial charge < -0.3 is 71.6 Å². The predicted molar refractivity (Wildman–Crippen MR) is 199 cm³/mol. The Bertz CT molecular complexity index is 1730. The van der Waals surface area contributed by atoms with E-state index in [-0.39, 0.29) is 18.0 Å². The van der Waals surface area contributed by atoms with Crippen molar-refractivity contribution in [3.63, 3.8) is 0 Å². The lowest BCUT2D eigenvalue weighted by atomic mass is 9.80. The maximum Gasteiger partial charge on any atom is 0.471 e. The molecule has 3 heterocycles. The summed E-state index contributed by atoms with van der Waals surface area (Å²) in [5.41, 5.74) is 8.85. The zero-order chi connectivity index (χ0) is 41.0. The molecule has 2 aliphatic rings. The van der Waals surface area contributed by atoms with Crippen molar-refractivity contribution in [2.45, 2.75) is 55.6 Å². The summed E-state index contributed by atoms with van der Waals surface area (Å²) in [6.45, 7) is 0.177. The van der Waals surface area contributed by atoms with Crippen LogP contribution in [-0.2, 0) is 20.6 Å². The third kappa shape index (κ3) is 12.9. The first-order chi connectivity index (χ1) is 25.9. The SMILES string of the molecule is CCOC(=O)N1CCC2(CC1)C[C@H](NC(=O)c1cccc3cn(COP(=O)(O)O)nc13)c1cc(Br)ccc1O2.NC(CO)(CO)CO.NC(CO)(CO)CO. The Morgan fingerprint density at radius 2 is 1.58 bits per heavy atom. The summed E-state index contributed by atoms with van der Waals surface area (Å²) in [6, 6.07) is 10.4. The lowest BCUT2D eigenvalue weighted by Crippen LogP contribution is -2.53. The molecule has 0 radical (unpaired) electrons. The molecule has 13 N–H and O–H groups in total. The van der Waals surface area contributed by atoms with Crippen LogP contribution in [0.25, 0.3) is 10.9 Å². The molecule has 2 amide bonds. The van der Waals surface area contributed by atoms with Crippen molar-refractivity contribution in [2.75, 3.05) is 59.3 Å². The normalized spacial score (nSPS) is 16.6. The van der Waals surface area contributed by atoms with E-state index in [1.165, 1.54) is 4.68 Å². The van der Waals surface area contributed by atoms with Crippen molar-refractivity contribution in [1.29, 1.82) is 0 Å². The highest BCUT2D eigenvalue weighted by atomic mass is 79.9. The fourth-order valence-corrected chi connectivity index (χ4v) is 6.05. The van der Waals surface area contributed by atoms with Crippen LogP contribution in [0.1, 0.15) is 48.1 Å². The number of phosphoric acid groups is 1. The highest BCUT2D eigenvalue weighted by Crippen LogP contribution is 2.45. The van der Waals surface area contributed by atoms with E-state index in [9.17, 15) is 14.2 Å². The molecule has 2 aromatic carbocycles. The number of nitrogens with one attached hydrogen (secondary N) is 1. The molecule has 0 bridgehead atoms. The van der Waals surface area contributed by atoms with Gasteiger partial charge in [0.25, 0.3) is 5.91 Å². The molecule has 1 saturated heterocycles. The third-order valence-electron chi connectivity index (χ3n) is 8.83. The number of nitrogens with zero attached hydrogens (tertiary/aromatic N) is 3. The summed E-state index contributed by atoms with van der Waals surface area (Å²) in [6.07, 6.45) is 2.91. The van der Waals surface area contributed by atoms with Gasteiger partial charge in [-0.25, -0.2) is 14.0 Å². The zero-order valence-corrected chi connectivity index (χ0v) is 32.6. The molecule has 1 atom stereocenters. The number of aliphatic hydroxyl groups is 6. The summed E-state index contributed by atoms with van der Waals surface area (Å²) in [5, 5.41) is 58.1. The Hall–Kier alpha value is -3.28. The Kier molecular flexibility index (Phi) is 17.0. The van der Waals surface area contributed by atoms with Crippen LogP contribution >= 0.6 is 23.8 Å². The molecule has 0 unspecified atom stereocenters. The van der Waals surface area contributed by atoms with Crippen LogP contribution in [0, 0.1) is 0 Å². The van der Waals surface area contributed by atoms with Crippen LogP contribution in [0.15, 0.2) is 47.1 Å². The van der Waals surface area contributed by atoms with Gasteiger partial charge in [-0.3, -0.25) is 9.32 Å². The van der Waals surface area contributed by atoms with Gasteiger partial charge >= 0.3 is 13.9 Å². The minimum Gasteiger partial charge on any atom is -0.487 e. The first-order valence-electron chi connectivity index (χ1n) is 17.0. The third-order valence-corrected chi connectivity index (χ3v) is 9.78. The number of hydrogen-bond donors (Lipinski definition) is 11. The highest BCUT2D eigenvalue weighted by Gasteiger charge is 2.45. The number of benzene rings is 2. The van der Waals surface area contributed by atoms with Crippen molar-refractivity contribution in [3.8, 4) is 5.75 Å². The van der Waals surface area contributed by atoms with Crippen LogP contribution in [0.5, 0.6) is 5.75 Å². The summed E-state index contributed by atoms with van der Waals surface area (Å²) in [4.78, 5) is 45.5. The van der Waals surface area contributed by atoms with Crippen molar-refractivity contribution in [1.82, 2.24) is 20.0 Å². The predicted octanol–water partition coefficient (Wildman–Crippen LogP) is -0.568. The van der Waals surface area contributed by atoms with E-state index in [1.807, 2.05) is 18.2 Å². The second-order valence-corrected chi connectivity index (χ2v) is 15.4.